The van der Waals surface area contributed by atoms with E-state index in [0.29, 0.717) is 0 Å². The van der Waals surface area contributed by atoms with Gasteiger partial charge in [-0.15, -0.1) is 0 Å². The third kappa shape index (κ3) is 5.42. The Hall–Kier alpha value is -8.72. The van der Waals surface area contributed by atoms with Crippen molar-refractivity contribution in [1.29, 1.82) is 0 Å². The van der Waals surface area contributed by atoms with Crippen LogP contribution in [0.1, 0.15) is 0 Å². The molecular formula is C64H38O2. The van der Waals surface area contributed by atoms with Crippen molar-refractivity contribution < 1.29 is 8.83 Å². The monoisotopic (exact) mass is 838 g/mol. The number of hydrogen-bond acceptors (Lipinski definition) is 2. The molecule has 0 bridgehead atoms. The first-order valence-electron chi connectivity index (χ1n) is 22.7. The van der Waals surface area contributed by atoms with E-state index in [4.69, 9.17) is 8.83 Å². The Bertz CT molecular complexity index is 4150. The molecule has 0 fully saturated rings. The number of rotatable bonds is 5. The predicted molar refractivity (Wildman–Crippen MR) is 278 cm³/mol. The van der Waals surface area contributed by atoms with Crippen molar-refractivity contribution in [2.24, 2.45) is 0 Å². The van der Waals surface area contributed by atoms with Crippen molar-refractivity contribution in [3.63, 3.8) is 0 Å². The minimum absolute atomic E-state index is 0.869. The number of benzene rings is 12. The van der Waals surface area contributed by atoms with Gasteiger partial charge in [0.25, 0.3) is 0 Å². The molecule has 0 aliphatic heterocycles. The zero-order chi connectivity index (χ0) is 43.3. The highest BCUT2D eigenvalue weighted by Gasteiger charge is 2.24. The Morgan fingerprint density at radius 3 is 1.00 bits per heavy atom. The average Bonchev–Trinajstić information content (AvgIpc) is 3.96. The summed E-state index contributed by atoms with van der Waals surface area (Å²) in [5.74, 6) is 0. The van der Waals surface area contributed by atoms with E-state index in [1.807, 2.05) is 0 Å². The largest absolute Gasteiger partial charge is 0.456 e. The SMILES string of the molecule is c1ccc(-c2ccc3oc4ccc(-c5c6ccccc6c(-c6cccc7oc8cccc(-c9c%10ccccc%10c(-c%10ccccc%10)c%10ccccc9%10)c8c67)c6ccccc56)cc4c3c2)cc1. The van der Waals surface area contributed by atoms with Crippen molar-refractivity contribution in [2.75, 3.05) is 0 Å². The van der Waals surface area contributed by atoms with Gasteiger partial charge in [0.05, 0.1) is 0 Å². The summed E-state index contributed by atoms with van der Waals surface area (Å²) in [7, 11) is 0. The number of hydrogen-bond donors (Lipinski definition) is 0. The third-order valence-electron chi connectivity index (χ3n) is 13.9. The van der Waals surface area contributed by atoms with Gasteiger partial charge >= 0.3 is 0 Å². The molecule has 0 saturated carbocycles. The minimum Gasteiger partial charge on any atom is -0.456 e. The molecule has 0 unspecified atom stereocenters. The molecule has 0 spiro atoms. The molecule has 14 aromatic rings. The summed E-state index contributed by atoms with van der Waals surface area (Å²) in [6.07, 6.45) is 0. The van der Waals surface area contributed by atoms with E-state index in [-0.39, 0.29) is 0 Å². The van der Waals surface area contributed by atoms with Gasteiger partial charge in [-0.05, 0) is 135 Å². The normalized spacial score (nSPS) is 11.9. The molecule has 2 heteroatoms. The second-order valence-electron chi connectivity index (χ2n) is 17.4. The lowest BCUT2D eigenvalue weighted by atomic mass is 9.83. The van der Waals surface area contributed by atoms with Gasteiger partial charge in [0.1, 0.15) is 22.3 Å². The van der Waals surface area contributed by atoms with Gasteiger partial charge in [0.2, 0.25) is 0 Å². The van der Waals surface area contributed by atoms with Crippen LogP contribution in [0.15, 0.2) is 239 Å². The molecule has 12 aromatic carbocycles. The van der Waals surface area contributed by atoms with Gasteiger partial charge < -0.3 is 8.83 Å². The zero-order valence-corrected chi connectivity index (χ0v) is 35.8. The molecule has 0 radical (unpaired) electrons. The predicted octanol–water partition coefficient (Wildman–Crippen LogP) is 18.4. The van der Waals surface area contributed by atoms with Crippen LogP contribution in [0.5, 0.6) is 0 Å². The Kier molecular flexibility index (Phi) is 8.02. The molecule has 2 heterocycles. The maximum atomic E-state index is 6.91. The highest BCUT2D eigenvalue weighted by atomic mass is 16.3. The maximum absolute atomic E-state index is 6.91. The van der Waals surface area contributed by atoms with Crippen LogP contribution in [0, 0.1) is 0 Å². The van der Waals surface area contributed by atoms with Crippen molar-refractivity contribution in [3.8, 4) is 55.6 Å². The van der Waals surface area contributed by atoms with Crippen LogP contribution in [-0.2, 0) is 0 Å². The highest BCUT2D eigenvalue weighted by molar-refractivity contribution is 6.30. The molecule has 0 amide bonds. The molecule has 66 heavy (non-hydrogen) atoms. The van der Waals surface area contributed by atoms with Gasteiger partial charge in [-0.25, -0.2) is 0 Å². The van der Waals surface area contributed by atoms with Gasteiger partial charge in [0.15, 0.2) is 0 Å². The zero-order valence-electron chi connectivity index (χ0n) is 35.8. The van der Waals surface area contributed by atoms with Crippen LogP contribution in [-0.4, -0.2) is 0 Å². The lowest BCUT2D eigenvalue weighted by Crippen LogP contribution is -1.92. The van der Waals surface area contributed by atoms with E-state index in [1.165, 1.54) is 82.0 Å². The van der Waals surface area contributed by atoms with Gasteiger partial charge in [0, 0.05) is 21.5 Å². The summed E-state index contributed by atoms with van der Waals surface area (Å²) in [4.78, 5) is 0. The van der Waals surface area contributed by atoms with Crippen LogP contribution < -0.4 is 0 Å². The molecule has 306 valence electrons. The van der Waals surface area contributed by atoms with Gasteiger partial charge in [-0.2, -0.15) is 0 Å². The fourth-order valence-electron chi connectivity index (χ4n) is 11.1. The van der Waals surface area contributed by atoms with Crippen LogP contribution >= 0.6 is 0 Å². The van der Waals surface area contributed by atoms with Gasteiger partial charge in [-0.1, -0.05) is 194 Å². The molecule has 14 rings (SSSR count). The summed E-state index contributed by atoms with van der Waals surface area (Å²) in [6, 6.07) is 83.4. The minimum atomic E-state index is 0.869. The molecule has 0 aliphatic carbocycles. The second kappa shape index (κ2) is 14.4. The fraction of sp³-hybridized carbons (Fsp3) is 0. The average molecular weight is 839 g/mol. The number of fused-ring (bicyclic) bond motifs is 10. The number of furan rings is 2. The van der Waals surface area contributed by atoms with Crippen LogP contribution in [0.25, 0.3) is 143 Å². The first-order valence-corrected chi connectivity index (χ1v) is 22.7. The first kappa shape index (κ1) is 36.7. The van der Waals surface area contributed by atoms with E-state index in [9.17, 15) is 0 Å². The maximum Gasteiger partial charge on any atom is 0.136 e. The Labute approximate surface area is 380 Å². The molecule has 2 aromatic heterocycles. The highest BCUT2D eigenvalue weighted by Crippen LogP contribution is 2.51. The summed E-state index contributed by atoms with van der Waals surface area (Å²) < 4.78 is 13.4. The molecule has 0 saturated heterocycles. The van der Waals surface area contributed by atoms with E-state index in [0.717, 1.165) is 60.6 Å². The summed E-state index contributed by atoms with van der Waals surface area (Å²) in [6.45, 7) is 0. The summed E-state index contributed by atoms with van der Waals surface area (Å²) in [5.41, 5.74) is 15.4. The molecule has 0 aliphatic rings. The standard InChI is InChI=1S/C64H38O2/c1-3-17-39(18-4-1)41-33-35-55-53(37-41)54-38-42(34-36-56(54)65-55)60-45-23-9-13-27-49(45)62(50-28-14-10-24-46(50)60)52-30-16-32-58-64(52)63-51(29-15-31-57(63)66-58)61-47-25-11-7-21-43(47)59(40-19-5-2-6-20-40)44-22-8-12-26-48(44)61/h1-38H. The molecular weight excluding hydrogens is 801 g/mol. The summed E-state index contributed by atoms with van der Waals surface area (Å²) >= 11 is 0. The van der Waals surface area contributed by atoms with Crippen molar-refractivity contribution in [2.45, 2.75) is 0 Å². The van der Waals surface area contributed by atoms with Crippen LogP contribution in [0.2, 0.25) is 0 Å². The van der Waals surface area contributed by atoms with Gasteiger partial charge in [-0.3, -0.25) is 0 Å². The van der Waals surface area contributed by atoms with Crippen LogP contribution in [0.3, 0.4) is 0 Å². The molecule has 2 nitrogen and oxygen atoms in total. The first-order chi connectivity index (χ1) is 32.8. The Balaban J connectivity index is 1.04. The van der Waals surface area contributed by atoms with E-state index in [2.05, 4.69) is 231 Å². The quantitative estimate of drug-likeness (QED) is 0.161. The Morgan fingerprint density at radius 2 is 0.545 bits per heavy atom. The van der Waals surface area contributed by atoms with Crippen LogP contribution in [0.4, 0.5) is 0 Å². The fourth-order valence-corrected chi connectivity index (χ4v) is 11.1. The topological polar surface area (TPSA) is 26.3 Å². The lowest BCUT2D eigenvalue weighted by Gasteiger charge is -2.19. The lowest BCUT2D eigenvalue weighted by molar-refractivity contribution is 0.668. The third-order valence-corrected chi connectivity index (χ3v) is 13.9. The Morgan fingerprint density at radius 1 is 0.197 bits per heavy atom. The summed E-state index contributed by atoms with van der Waals surface area (Å²) in [5, 5.41) is 14.1. The molecule has 0 N–H and O–H groups in total. The van der Waals surface area contributed by atoms with E-state index >= 15 is 0 Å². The van der Waals surface area contributed by atoms with Crippen molar-refractivity contribution in [3.05, 3.63) is 231 Å². The second-order valence-corrected chi connectivity index (χ2v) is 17.4. The van der Waals surface area contributed by atoms with Crippen molar-refractivity contribution in [1.82, 2.24) is 0 Å². The van der Waals surface area contributed by atoms with E-state index in [1.54, 1.807) is 0 Å². The van der Waals surface area contributed by atoms with Crippen molar-refractivity contribution >= 4 is 87.0 Å². The molecule has 0 atom stereocenters. The van der Waals surface area contributed by atoms with E-state index < -0.39 is 0 Å². The smallest absolute Gasteiger partial charge is 0.136 e.